The van der Waals surface area contributed by atoms with Gasteiger partial charge in [0.15, 0.2) is 0 Å². The predicted molar refractivity (Wildman–Crippen MR) is 135 cm³/mol. The number of carbonyl (C=O) groups is 2. The minimum absolute atomic E-state index is 0.157. The highest BCUT2D eigenvalue weighted by atomic mass is 35.5. The van der Waals surface area contributed by atoms with Crippen LogP contribution in [0.4, 0.5) is 0 Å². The second kappa shape index (κ2) is 12.4. The summed E-state index contributed by atoms with van der Waals surface area (Å²) in [4.78, 5) is 25.1. The Bertz CT molecular complexity index is 1250. The smallest absolute Gasteiger partial charge is 0.262 e. The number of benzene rings is 3. The monoisotopic (exact) mass is 488 g/mol. The first-order valence-corrected chi connectivity index (χ1v) is 11.4. The maximum Gasteiger partial charge on any atom is 0.262 e. The van der Waals surface area contributed by atoms with Crippen molar-refractivity contribution >= 4 is 29.6 Å². The van der Waals surface area contributed by atoms with Gasteiger partial charge in [-0.15, -0.1) is 0 Å². The van der Waals surface area contributed by atoms with E-state index in [1.54, 1.807) is 54.6 Å². The first-order chi connectivity index (χ1) is 16.9. The molecule has 0 saturated carbocycles. The van der Waals surface area contributed by atoms with Gasteiger partial charge < -0.3 is 10.1 Å². The molecule has 0 aromatic heterocycles. The van der Waals surface area contributed by atoms with Crippen LogP contribution >= 0.6 is 11.6 Å². The molecule has 0 aliphatic heterocycles. The summed E-state index contributed by atoms with van der Waals surface area (Å²) in [5, 5.41) is 16.4. The van der Waals surface area contributed by atoms with E-state index in [1.165, 1.54) is 6.21 Å². The fraction of sp³-hybridized carbons (Fsp3) is 0.185. The van der Waals surface area contributed by atoms with Crippen LogP contribution in [0.3, 0.4) is 0 Å². The first-order valence-electron chi connectivity index (χ1n) is 11.0. The van der Waals surface area contributed by atoms with Crippen LogP contribution in [0.1, 0.15) is 40.9 Å². The lowest BCUT2D eigenvalue weighted by Gasteiger charge is -2.20. The van der Waals surface area contributed by atoms with Gasteiger partial charge in [-0.05, 0) is 60.0 Å². The quantitative estimate of drug-likeness (QED) is 0.336. The van der Waals surface area contributed by atoms with Crippen LogP contribution in [0, 0.1) is 17.2 Å². The number of nitrogens with zero attached hydrogens (tertiary/aromatic N) is 2. The van der Waals surface area contributed by atoms with Gasteiger partial charge in [-0.3, -0.25) is 9.59 Å². The second-order valence-electron chi connectivity index (χ2n) is 8.07. The van der Waals surface area contributed by atoms with Crippen molar-refractivity contribution in [1.82, 2.24) is 10.7 Å². The van der Waals surface area contributed by atoms with Gasteiger partial charge in [-0.25, -0.2) is 5.43 Å². The fourth-order valence-electron chi connectivity index (χ4n) is 3.20. The van der Waals surface area contributed by atoms with E-state index in [4.69, 9.17) is 21.6 Å². The topological polar surface area (TPSA) is 104 Å². The Balaban J connectivity index is 1.54. The number of ether oxygens (including phenoxy) is 1. The molecule has 0 radical (unpaired) electrons. The van der Waals surface area contributed by atoms with Crippen molar-refractivity contribution in [2.24, 2.45) is 11.0 Å². The number of hydrazone groups is 1. The lowest BCUT2D eigenvalue weighted by atomic mass is 10.0. The number of rotatable bonds is 9. The predicted octanol–water partition coefficient (Wildman–Crippen LogP) is 4.70. The SMILES string of the molecule is CC(C)C(NC(=O)c1cccc(Cl)c1)C(=O)N/N=C/c1ccc(OCc2ccccc2C#N)cc1. The molecule has 0 aliphatic rings. The van der Waals surface area contributed by atoms with Crippen molar-refractivity contribution in [1.29, 1.82) is 5.26 Å². The zero-order valence-electron chi connectivity index (χ0n) is 19.4. The molecule has 0 saturated heterocycles. The minimum Gasteiger partial charge on any atom is -0.489 e. The molecule has 0 aliphatic carbocycles. The van der Waals surface area contributed by atoms with Crippen molar-refractivity contribution in [2.75, 3.05) is 0 Å². The molecule has 1 unspecified atom stereocenters. The average molecular weight is 489 g/mol. The highest BCUT2D eigenvalue weighted by Gasteiger charge is 2.24. The Morgan fingerprint density at radius 2 is 1.83 bits per heavy atom. The maximum absolute atomic E-state index is 12.6. The minimum atomic E-state index is -0.773. The molecule has 35 heavy (non-hydrogen) atoms. The number of carbonyl (C=O) groups excluding carboxylic acids is 2. The maximum atomic E-state index is 12.6. The van der Waals surface area contributed by atoms with Crippen molar-refractivity contribution in [3.63, 3.8) is 0 Å². The van der Waals surface area contributed by atoms with Crippen LogP contribution in [0.25, 0.3) is 0 Å². The summed E-state index contributed by atoms with van der Waals surface area (Å²) < 4.78 is 5.76. The summed E-state index contributed by atoms with van der Waals surface area (Å²) in [6.07, 6.45) is 1.50. The van der Waals surface area contributed by atoms with Gasteiger partial charge >= 0.3 is 0 Å². The van der Waals surface area contributed by atoms with Crippen LogP contribution in [0.15, 0.2) is 77.9 Å². The highest BCUT2D eigenvalue weighted by Crippen LogP contribution is 2.16. The standard InChI is InChI=1S/C27H25ClN4O3/c1-18(2)25(31-26(33)20-8-5-9-23(28)14-20)27(34)32-30-16-19-10-12-24(13-11-19)35-17-22-7-4-3-6-21(22)15-29/h3-14,16,18,25H,17H2,1-2H3,(H,31,33)(H,32,34)/b30-16+. The van der Waals surface area contributed by atoms with E-state index in [2.05, 4.69) is 21.9 Å². The number of amides is 2. The van der Waals surface area contributed by atoms with Gasteiger partial charge in [0.2, 0.25) is 0 Å². The Morgan fingerprint density at radius 3 is 2.51 bits per heavy atom. The van der Waals surface area contributed by atoms with Crippen molar-refractivity contribution in [3.8, 4) is 11.8 Å². The molecular weight excluding hydrogens is 464 g/mol. The van der Waals surface area contributed by atoms with Gasteiger partial charge in [0.25, 0.3) is 11.8 Å². The molecular formula is C27H25ClN4O3. The molecule has 3 aromatic carbocycles. The van der Waals surface area contributed by atoms with E-state index in [0.717, 1.165) is 11.1 Å². The molecule has 3 aromatic rings. The van der Waals surface area contributed by atoms with Crippen LogP contribution < -0.4 is 15.5 Å². The van der Waals surface area contributed by atoms with E-state index in [0.29, 0.717) is 21.9 Å². The third kappa shape index (κ3) is 7.42. The summed E-state index contributed by atoms with van der Waals surface area (Å²) in [6.45, 7) is 3.95. The van der Waals surface area contributed by atoms with E-state index in [1.807, 2.05) is 32.0 Å². The third-order valence-corrected chi connectivity index (χ3v) is 5.36. The Morgan fingerprint density at radius 1 is 1.09 bits per heavy atom. The summed E-state index contributed by atoms with van der Waals surface area (Å²) in [7, 11) is 0. The number of nitrogens with one attached hydrogen (secondary N) is 2. The number of hydrogen-bond donors (Lipinski definition) is 2. The second-order valence-corrected chi connectivity index (χ2v) is 8.50. The summed E-state index contributed by atoms with van der Waals surface area (Å²) in [5.41, 5.74) is 4.99. The van der Waals surface area contributed by atoms with Crippen LogP contribution in [-0.2, 0) is 11.4 Å². The largest absolute Gasteiger partial charge is 0.489 e. The molecule has 2 amide bonds. The summed E-state index contributed by atoms with van der Waals surface area (Å²) in [6, 6.07) is 22.3. The van der Waals surface area contributed by atoms with Gasteiger partial charge in [0.1, 0.15) is 18.4 Å². The lowest BCUT2D eigenvalue weighted by Crippen LogP contribution is -2.48. The summed E-state index contributed by atoms with van der Waals surface area (Å²) in [5.74, 6) is -0.334. The molecule has 1 atom stereocenters. The zero-order valence-corrected chi connectivity index (χ0v) is 20.1. The molecule has 0 fully saturated rings. The Kier molecular flexibility index (Phi) is 8.99. The number of halogens is 1. The van der Waals surface area contributed by atoms with Crippen molar-refractivity contribution in [3.05, 3.63) is 100 Å². The lowest BCUT2D eigenvalue weighted by molar-refractivity contribution is -0.123. The molecule has 8 heteroatoms. The van der Waals surface area contributed by atoms with Crippen LogP contribution in [0.2, 0.25) is 5.02 Å². The Hall–Kier alpha value is -4.15. The number of hydrogen-bond acceptors (Lipinski definition) is 5. The molecule has 178 valence electrons. The van der Waals surface area contributed by atoms with E-state index in [9.17, 15) is 9.59 Å². The highest BCUT2D eigenvalue weighted by molar-refractivity contribution is 6.31. The zero-order chi connectivity index (χ0) is 25.2. The van der Waals surface area contributed by atoms with Crippen molar-refractivity contribution < 1.29 is 14.3 Å². The van der Waals surface area contributed by atoms with Crippen LogP contribution in [-0.4, -0.2) is 24.1 Å². The summed E-state index contributed by atoms with van der Waals surface area (Å²) >= 11 is 5.95. The molecule has 0 bridgehead atoms. The van der Waals surface area contributed by atoms with E-state index in [-0.39, 0.29) is 12.5 Å². The van der Waals surface area contributed by atoms with Gasteiger partial charge in [-0.1, -0.05) is 49.7 Å². The van der Waals surface area contributed by atoms with E-state index < -0.39 is 17.9 Å². The number of nitriles is 1. The molecule has 7 nitrogen and oxygen atoms in total. The normalized spacial score (nSPS) is 11.6. The van der Waals surface area contributed by atoms with Gasteiger partial charge in [0, 0.05) is 16.1 Å². The Labute approximate surface area is 209 Å². The molecule has 0 spiro atoms. The van der Waals surface area contributed by atoms with Crippen LogP contribution in [0.5, 0.6) is 5.75 Å². The molecule has 3 rings (SSSR count). The van der Waals surface area contributed by atoms with E-state index >= 15 is 0 Å². The molecule has 0 heterocycles. The molecule has 2 N–H and O–H groups in total. The third-order valence-electron chi connectivity index (χ3n) is 5.12. The average Bonchev–Trinajstić information content (AvgIpc) is 2.86. The first kappa shape index (κ1) is 25.5. The fourth-order valence-corrected chi connectivity index (χ4v) is 3.39. The van der Waals surface area contributed by atoms with Gasteiger partial charge in [0.05, 0.1) is 17.8 Å². The van der Waals surface area contributed by atoms with Crippen molar-refractivity contribution in [2.45, 2.75) is 26.5 Å². The van der Waals surface area contributed by atoms with Gasteiger partial charge in [-0.2, -0.15) is 10.4 Å².